The Labute approximate surface area is 158 Å². The van der Waals surface area contributed by atoms with Gasteiger partial charge in [0.15, 0.2) is 0 Å². The minimum absolute atomic E-state index is 0.152. The van der Waals surface area contributed by atoms with Crippen LogP contribution in [0, 0.1) is 6.92 Å². The van der Waals surface area contributed by atoms with Crippen molar-refractivity contribution in [3.63, 3.8) is 0 Å². The van der Waals surface area contributed by atoms with Crippen molar-refractivity contribution in [2.24, 2.45) is 5.10 Å². The highest BCUT2D eigenvalue weighted by atomic mass is 32.2. The largest absolute Gasteiger partial charge is 0.379 e. The molecule has 0 aromatic heterocycles. The molecular weight excluding hydrogens is 372 g/mol. The molecule has 2 amide bonds. The molecule has 2 aliphatic heterocycles. The first-order valence-corrected chi connectivity index (χ1v) is 10.1. The second kappa shape index (κ2) is 7.75. The lowest BCUT2D eigenvalue weighted by Crippen LogP contribution is -2.40. The molecular formula is C17H22N4O5S. The predicted octanol–water partition coefficient (Wildman–Crippen LogP) is 0.563. The molecule has 0 unspecified atom stereocenters. The van der Waals surface area contributed by atoms with E-state index < -0.39 is 15.9 Å². The minimum Gasteiger partial charge on any atom is -0.379 e. The van der Waals surface area contributed by atoms with Gasteiger partial charge in [0.1, 0.15) is 5.71 Å². The van der Waals surface area contributed by atoms with E-state index in [0.29, 0.717) is 37.6 Å². The van der Waals surface area contributed by atoms with Crippen LogP contribution in [0.2, 0.25) is 0 Å². The third-order valence-electron chi connectivity index (χ3n) is 4.50. The van der Waals surface area contributed by atoms with E-state index >= 15 is 0 Å². The van der Waals surface area contributed by atoms with E-state index in [2.05, 4.69) is 10.4 Å². The topological polar surface area (TPSA) is 108 Å². The maximum Gasteiger partial charge on any atom is 0.271 e. The van der Waals surface area contributed by atoms with Crippen molar-refractivity contribution in [2.75, 3.05) is 38.7 Å². The smallest absolute Gasteiger partial charge is 0.271 e. The zero-order valence-corrected chi connectivity index (χ0v) is 16.1. The monoisotopic (exact) mass is 394 g/mol. The maximum atomic E-state index is 12.9. The average molecular weight is 394 g/mol. The van der Waals surface area contributed by atoms with Gasteiger partial charge in [0.25, 0.3) is 5.91 Å². The van der Waals surface area contributed by atoms with Crippen LogP contribution < -0.4 is 5.32 Å². The molecule has 0 saturated carbocycles. The molecule has 1 fully saturated rings. The van der Waals surface area contributed by atoms with Crippen LogP contribution in [0.5, 0.6) is 0 Å². The van der Waals surface area contributed by atoms with Crippen LogP contribution in [-0.2, 0) is 24.3 Å². The van der Waals surface area contributed by atoms with Crippen LogP contribution in [0.3, 0.4) is 0 Å². The molecule has 9 nitrogen and oxygen atoms in total. The summed E-state index contributed by atoms with van der Waals surface area (Å²) in [7, 11) is -2.18. The number of aryl methyl sites for hydroxylation is 1. The zero-order valence-electron chi connectivity index (χ0n) is 15.3. The van der Waals surface area contributed by atoms with E-state index in [4.69, 9.17) is 4.74 Å². The molecule has 27 heavy (non-hydrogen) atoms. The summed E-state index contributed by atoms with van der Waals surface area (Å²) in [6, 6.07) is 4.75. The number of nitrogens with one attached hydrogen (secondary N) is 1. The average Bonchev–Trinajstić information content (AvgIpc) is 2.66. The lowest BCUT2D eigenvalue weighted by Gasteiger charge is -2.27. The summed E-state index contributed by atoms with van der Waals surface area (Å²) in [5.74, 6) is -0.603. The Kier molecular flexibility index (Phi) is 5.59. The van der Waals surface area contributed by atoms with Gasteiger partial charge in [0.05, 0.1) is 18.1 Å². The highest BCUT2D eigenvalue weighted by Crippen LogP contribution is 2.24. The Morgan fingerprint density at radius 1 is 1.22 bits per heavy atom. The zero-order chi connectivity index (χ0) is 19.6. The number of carbonyl (C=O) groups is 2. The lowest BCUT2D eigenvalue weighted by atomic mass is 10.1. The van der Waals surface area contributed by atoms with Crippen LogP contribution >= 0.6 is 0 Å². The number of hydrogen-bond acceptors (Lipinski definition) is 6. The number of carbonyl (C=O) groups excluding carboxylic acids is 2. The first-order chi connectivity index (χ1) is 12.8. The SMILES string of the molecule is Cc1ccc(NC(=O)C2=NN(C)C(=O)CC2)cc1S(=O)(=O)N1CCOCC1. The van der Waals surface area contributed by atoms with Crippen molar-refractivity contribution in [3.05, 3.63) is 23.8 Å². The van der Waals surface area contributed by atoms with Gasteiger partial charge in [-0.1, -0.05) is 6.07 Å². The molecule has 2 aliphatic rings. The van der Waals surface area contributed by atoms with Gasteiger partial charge in [-0.25, -0.2) is 13.4 Å². The summed E-state index contributed by atoms with van der Waals surface area (Å²) >= 11 is 0. The third kappa shape index (κ3) is 4.18. The van der Waals surface area contributed by atoms with Gasteiger partial charge in [-0.2, -0.15) is 9.41 Å². The number of benzene rings is 1. The second-order valence-electron chi connectivity index (χ2n) is 6.41. The van der Waals surface area contributed by atoms with Crippen LogP contribution in [0.1, 0.15) is 18.4 Å². The van der Waals surface area contributed by atoms with Crippen LogP contribution in [0.4, 0.5) is 5.69 Å². The Morgan fingerprint density at radius 2 is 1.93 bits per heavy atom. The van der Waals surface area contributed by atoms with E-state index in [9.17, 15) is 18.0 Å². The molecule has 1 N–H and O–H groups in total. The molecule has 2 heterocycles. The Balaban J connectivity index is 1.82. The third-order valence-corrected chi connectivity index (χ3v) is 6.54. The number of rotatable bonds is 4. The highest BCUT2D eigenvalue weighted by Gasteiger charge is 2.28. The molecule has 0 spiro atoms. The second-order valence-corrected chi connectivity index (χ2v) is 8.32. The normalized spacial score (nSPS) is 19.0. The predicted molar refractivity (Wildman–Crippen MR) is 98.8 cm³/mol. The summed E-state index contributed by atoms with van der Waals surface area (Å²) in [6.45, 7) is 3.04. The van der Waals surface area contributed by atoms with Crippen LogP contribution in [0.15, 0.2) is 28.2 Å². The van der Waals surface area contributed by atoms with E-state index in [1.165, 1.54) is 17.4 Å². The van der Waals surface area contributed by atoms with Gasteiger partial charge in [0.2, 0.25) is 15.9 Å². The molecule has 1 aromatic rings. The summed E-state index contributed by atoms with van der Waals surface area (Å²) < 4.78 is 32.4. The number of morpholine rings is 1. The van der Waals surface area contributed by atoms with Gasteiger partial charge in [-0.3, -0.25) is 9.59 Å². The molecule has 0 atom stereocenters. The Hall–Kier alpha value is -2.30. The molecule has 10 heteroatoms. The fourth-order valence-electron chi connectivity index (χ4n) is 2.92. The fourth-order valence-corrected chi connectivity index (χ4v) is 4.58. The van der Waals surface area contributed by atoms with Gasteiger partial charge < -0.3 is 10.1 Å². The molecule has 0 radical (unpaired) electrons. The van der Waals surface area contributed by atoms with Gasteiger partial charge in [0, 0.05) is 38.7 Å². The maximum absolute atomic E-state index is 12.9. The van der Waals surface area contributed by atoms with Gasteiger partial charge >= 0.3 is 0 Å². The van der Waals surface area contributed by atoms with Gasteiger partial charge in [-0.05, 0) is 24.6 Å². The summed E-state index contributed by atoms with van der Waals surface area (Å²) in [5.41, 5.74) is 1.19. The van der Waals surface area contributed by atoms with E-state index in [0.717, 1.165) is 5.01 Å². The van der Waals surface area contributed by atoms with Crippen molar-refractivity contribution < 1.29 is 22.7 Å². The molecule has 1 aromatic carbocycles. The summed E-state index contributed by atoms with van der Waals surface area (Å²) in [4.78, 5) is 24.0. The standard InChI is InChI=1S/C17H22N4O5S/c1-12-3-4-13(18-17(23)14-5-6-16(22)20(2)19-14)11-15(12)27(24,25)21-7-9-26-10-8-21/h3-4,11H,5-10H2,1-2H3,(H,18,23). The molecule has 0 aliphatic carbocycles. The van der Waals surface area contributed by atoms with Crippen molar-refractivity contribution in [1.82, 2.24) is 9.31 Å². The summed E-state index contributed by atoms with van der Waals surface area (Å²) in [6.07, 6.45) is 0.465. The number of anilines is 1. The van der Waals surface area contributed by atoms with Crippen molar-refractivity contribution >= 4 is 33.2 Å². The number of amides is 2. The van der Waals surface area contributed by atoms with Gasteiger partial charge in [-0.15, -0.1) is 0 Å². The molecule has 1 saturated heterocycles. The number of hydrazone groups is 1. The number of nitrogens with zero attached hydrogens (tertiary/aromatic N) is 3. The van der Waals surface area contributed by atoms with Crippen molar-refractivity contribution in [2.45, 2.75) is 24.7 Å². The molecule has 0 bridgehead atoms. The Morgan fingerprint density at radius 3 is 2.59 bits per heavy atom. The molecule has 3 rings (SSSR count). The number of sulfonamides is 1. The Bertz CT molecular complexity index is 891. The van der Waals surface area contributed by atoms with Crippen LogP contribution in [0.25, 0.3) is 0 Å². The quantitative estimate of drug-likeness (QED) is 0.803. The van der Waals surface area contributed by atoms with Crippen molar-refractivity contribution in [1.29, 1.82) is 0 Å². The van der Waals surface area contributed by atoms with Crippen molar-refractivity contribution in [3.8, 4) is 0 Å². The number of ether oxygens (including phenoxy) is 1. The van der Waals surface area contributed by atoms with E-state index in [-0.39, 0.29) is 29.4 Å². The molecule has 146 valence electrons. The minimum atomic E-state index is -3.67. The number of hydrogen-bond donors (Lipinski definition) is 1. The van der Waals surface area contributed by atoms with E-state index in [1.54, 1.807) is 19.1 Å². The summed E-state index contributed by atoms with van der Waals surface area (Å²) in [5, 5.41) is 7.78. The van der Waals surface area contributed by atoms with Crippen LogP contribution in [-0.4, -0.2) is 68.6 Å². The highest BCUT2D eigenvalue weighted by molar-refractivity contribution is 7.89. The lowest BCUT2D eigenvalue weighted by molar-refractivity contribution is -0.130. The fraction of sp³-hybridized carbons (Fsp3) is 0.471. The first kappa shape index (κ1) is 19.5. The first-order valence-electron chi connectivity index (χ1n) is 8.63. The van der Waals surface area contributed by atoms with E-state index in [1.807, 2.05) is 0 Å².